The second kappa shape index (κ2) is 11.7. The number of carbonyl (C=O) groups excluding carboxylic acids is 1. The quantitative estimate of drug-likeness (QED) is 0.245. The third-order valence-electron chi connectivity index (χ3n) is 5.77. The van der Waals surface area contributed by atoms with Crippen LogP contribution in [-0.4, -0.2) is 28.6 Å². The minimum atomic E-state index is -0.164. The Kier molecular flexibility index (Phi) is 8.26. The van der Waals surface area contributed by atoms with Crippen LogP contribution in [0.2, 0.25) is 5.02 Å². The number of nitrogens with zero attached hydrogens (tertiary/aromatic N) is 2. The molecule has 2 aromatic heterocycles. The summed E-state index contributed by atoms with van der Waals surface area (Å²) in [6.07, 6.45) is 6.24. The molecular formula is C27H30ClN3O3. The Morgan fingerprint density at radius 3 is 2.79 bits per heavy atom. The number of rotatable bonds is 12. The second-order valence-corrected chi connectivity index (χ2v) is 8.73. The lowest BCUT2D eigenvalue weighted by Gasteiger charge is -2.11. The molecule has 2 aromatic carbocycles. The molecule has 1 amide bonds. The van der Waals surface area contributed by atoms with Crippen molar-refractivity contribution in [2.75, 3.05) is 13.2 Å². The molecule has 1 N–H and O–H groups in total. The number of fused-ring (bicyclic) bond motifs is 1. The van der Waals surface area contributed by atoms with Gasteiger partial charge in [-0.2, -0.15) is 0 Å². The molecule has 2 heterocycles. The Labute approximate surface area is 204 Å². The molecule has 4 aromatic rings. The zero-order valence-electron chi connectivity index (χ0n) is 19.4. The Bertz CT molecular complexity index is 1220. The van der Waals surface area contributed by atoms with Crippen LogP contribution in [0, 0.1) is 6.92 Å². The number of aryl methyl sites for hydroxylation is 3. The lowest BCUT2D eigenvalue weighted by Crippen LogP contribution is -2.23. The van der Waals surface area contributed by atoms with Crippen molar-refractivity contribution in [1.82, 2.24) is 14.9 Å². The smallest absolute Gasteiger partial charge is 0.286 e. The highest BCUT2D eigenvalue weighted by Gasteiger charge is 2.11. The van der Waals surface area contributed by atoms with Crippen molar-refractivity contribution in [3.8, 4) is 5.75 Å². The van der Waals surface area contributed by atoms with E-state index in [0.717, 1.165) is 71.8 Å². The molecule has 0 radical (unpaired) electrons. The van der Waals surface area contributed by atoms with E-state index in [1.807, 2.05) is 31.2 Å². The number of para-hydroxylation sites is 2. The van der Waals surface area contributed by atoms with Gasteiger partial charge in [-0.3, -0.25) is 4.79 Å². The number of amides is 1. The molecule has 0 aliphatic rings. The Balaban J connectivity index is 1.25. The monoisotopic (exact) mass is 479 g/mol. The number of hydrogen-bond acceptors (Lipinski definition) is 4. The van der Waals surface area contributed by atoms with Gasteiger partial charge in [0.2, 0.25) is 0 Å². The van der Waals surface area contributed by atoms with E-state index in [-0.39, 0.29) is 5.91 Å². The summed E-state index contributed by atoms with van der Waals surface area (Å²) >= 11 is 6.10. The van der Waals surface area contributed by atoms with Crippen LogP contribution < -0.4 is 10.1 Å². The van der Waals surface area contributed by atoms with Gasteiger partial charge in [-0.05, 0) is 74.2 Å². The fourth-order valence-electron chi connectivity index (χ4n) is 3.97. The molecule has 34 heavy (non-hydrogen) atoms. The first-order valence-corrected chi connectivity index (χ1v) is 12.1. The van der Waals surface area contributed by atoms with Gasteiger partial charge in [0.1, 0.15) is 11.6 Å². The van der Waals surface area contributed by atoms with Crippen molar-refractivity contribution < 1.29 is 13.9 Å². The summed E-state index contributed by atoms with van der Waals surface area (Å²) in [5.41, 5.74) is 3.20. The van der Waals surface area contributed by atoms with Crippen molar-refractivity contribution >= 4 is 28.5 Å². The van der Waals surface area contributed by atoms with E-state index in [2.05, 4.69) is 28.1 Å². The molecule has 0 saturated heterocycles. The Morgan fingerprint density at radius 2 is 1.97 bits per heavy atom. The first-order valence-electron chi connectivity index (χ1n) is 11.8. The molecule has 0 spiro atoms. The van der Waals surface area contributed by atoms with Gasteiger partial charge in [-0.1, -0.05) is 30.2 Å². The SMILES string of the molecule is Cc1cc(OCCCn2c(CCCCCNC(=O)c3ccco3)nc3ccccc32)ccc1Cl. The molecule has 0 unspecified atom stereocenters. The first kappa shape index (κ1) is 23.9. The van der Waals surface area contributed by atoms with Crippen molar-refractivity contribution in [1.29, 1.82) is 0 Å². The van der Waals surface area contributed by atoms with Crippen LogP contribution in [0.3, 0.4) is 0 Å². The summed E-state index contributed by atoms with van der Waals surface area (Å²) in [5, 5.41) is 3.65. The lowest BCUT2D eigenvalue weighted by molar-refractivity contribution is 0.0925. The number of furan rings is 1. The van der Waals surface area contributed by atoms with Gasteiger partial charge >= 0.3 is 0 Å². The molecule has 178 valence electrons. The average molecular weight is 480 g/mol. The van der Waals surface area contributed by atoms with Gasteiger partial charge < -0.3 is 19.0 Å². The zero-order valence-corrected chi connectivity index (χ0v) is 20.2. The minimum Gasteiger partial charge on any atom is -0.494 e. The summed E-state index contributed by atoms with van der Waals surface area (Å²) in [5.74, 6) is 2.13. The van der Waals surface area contributed by atoms with Crippen LogP contribution >= 0.6 is 11.6 Å². The van der Waals surface area contributed by atoms with E-state index in [1.165, 1.54) is 6.26 Å². The standard InChI is InChI=1S/C27H30ClN3O3/c1-20-19-21(13-14-22(20)28)33-18-8-16-31-24-10-5-4-9-23(24)30-26(31)12-3-2-6-15-29-27(32)25-11-7-17-34-25/h4-5,7,9-11,13-14,17,19H,2-3,6,8,12,15-16,18H2,1H3,(H,29,32). The van der Waals surface area contributed by atoms with Crippen LogP contribution in [0.25, 0.3) is 11.0 Å². The number of imidazole rings is 1. The Hall–Kier alpha value is -3.25. The van der Waals surface area contributed by atoms with Crippen LogP contribution in [0.5, 0.6) is 5.75 Å². The number of benzene rings is 2. The summed E-state index contributed by atoms with van der Waals surface area (Å²) in [6, 6.07) is 17.4. The lowest BCUT2D eigenvalue weighted by atomic mass is 10.2. The van der Waals surface area contributed by atoms with Crippen LogP contribution in [0.4, 0.5) is 0 Å². The molecule has 7 heteroatoms. The molecule has 0 aliphatic carbocycles. The number of ether oxygens (including phenoxy) is 1. The molecule has 0 saturated carbocycles. The number of hydrogen-bond donors (Lipinski definition) is 1. The van der Waals surface area contributed by atoms with E-state index in [0.29, 0.717) is 18.9 Å². The highest BCUT2D eigenvalue weighted by Crippen LogP contribution is 2.22. The predicted molar refractivity (Wildman–Crippen MR) is 135 cm³/mol. The summed E-state index contributed by atoms with van der Waals surface area (Å²) < 4.78 is 13.4. The topological polar surface area (TPSA) is 69.3 Å². The first-order chi connectivity index (χ1) is 16.6. The van der Waals surface area contributed by atoms with Crippen LogP contribution in [0.1, 0.15) is 47.6 Å². The maximum atomic E-state index is 11.9. The number of halogens is 1. The number of aromatic nitrogens is 2. The van der Waals surface area contributed by atoms with Crippen molar-refractivity contribution in [3.05, 3.63) is 83.0 Å². The maximum Gasteiger partial charge on any atom is 0.286 e. The van der Waals surface area contributed by atoms with E-state index < -0.39 is 0 Å². The highest BCUT2D eigenvalue weighted by atomic mass is 35.5. The highest BCUT2D eigenvalue weighted by molar-refractivity contribution is 6.31. The Morgan fingerprint density at radius 1 is 1.09 bits per heavy atom. The molecule has 0 fully saturated rings. The van der Waals surface area contributed by atoms with Gasteiger partial charge in [-0.25, -0.2) is 4.98 Å². The fraction of sp³-hybridized carbons (Fsp3) is 0.333. The van der Waals surface area contributed by atoms with Gasteiger partial charge in [0.25, 0.3) is 5.91 Å². The molecule has 4 rings (SSSR count). The third-order valence-corrected chi connectivity index (χ3v) is 6.19. The van der Waals surface area contributed by atoms with E-state index in [4.69, 9.17) is 25.7 Å². The number of nitrogens with one attached hydrogen (secondary N) is 1. The van der Waals surface area contributed by atoms with Gasteiger partial charge in [0.05, 0.1) is 23.9 Å². The van der Waals surface area contributed by atoms with Gasteiger partial charge in [0.15, 0.2) is 5.76 Å². The summed E-state index contributed by atoms with van der Waals surface area (Å²) in [6.45, 7) is 4.09. The number of unbranched alkanes of at least 4 members (excludes halogenated alkanes) is 2. The predicted octanol–water partition coefficient (Wildman–Crippen LogP) is 6.20. The van der Waals surface area contributed by atoms with Crippen LogP contribution in [-0.2, 0) is 13.0 Å². The van der Waals surface area contributed by atoms with E-state index >= 15 is 0 Å². The van der Waals surface area contributed by atoms with E-state index in [9.17, 15) is 4.79 Å². The van der Waals surface area contributed by atoms with Crippen molar-refractivity contribution in [2.24, 2.45) is 0 Å². The van der Waals surface area contributed by atoms with E-state index in [1.54, 1.807) is 12.1 Å². The molecule has 6 nitrogen and oxygen atoms in total. The second-order valence-electron chi connectivity index (χ2n) is 8.33. The zero-order chi connectivity index (χ0) is 23.8. The minimum absolute atomic E-state index is 0.164. The normalized spacial score (nSPS) is 11.1. The molecule has 0 bridgehead atoms. The third kappa shape index (κ3) is 6.20. The average Bonchev–Trinajstić information content (AvgIpc) is 3.50. The largest absolute Gasteiger partial charge is 0.494 e. The fourth-order valence-corrected chi connectivity index (χ4v) is 4.08. The summed E-state index contributed by atoms with van der Waals surface area (Å²) in [7, 11) is 0. The summed E-state index contributed by atoms with van der Waals surface area (Å²) in [4.78, 5) is 16.8. The van der Waals surface area contributed by atoms with Gasteiger partial charge in [0, 0.05) is 24.5 Å². The molecule has 0 aliphatic heterocycles. The van der Waals surface area contributed by atoms with Crippen molar-refractivity contribution in [2.45, 2.75) is 45.6 Å². The maximum absolute atomic E-state index is 11.9. The molecule has 0 atom stereocenters. The number of carbonyl (C=O) groups is 1. The van der Waals surface area contributed by atoms with Gasteiger partial charge in [-0.15, -0.1) is 0 Å². The van der Waals surface area contributed by atoms with Crippen molar-refractivity contribution in [3.63, 3.8) is 0 Å². The molecular weight excluding hydrogens is 450 g/mol. The van der Waals surface area contributed by atoms with Crippen LogP contribution in [0.15, 0.2) is 65.3 Å².